The molecular formula is C66H94F5N11O21S2. The lowest BCUT2D eigenvalue weighted by Gasteiger charge is -2.33. The maximum Gasteiger partial charge on any atom is 0.313 e. The number of anilines is 1. The smallest absolute Gasteiger partial charge is 0.313 e. The highest BCUT2D eigenvalue weighted by atomic mass is 32.2. The average Bonchev–Trinajstić information content (AvgIpc) is 1.61. The van der Waals surface area contributed by atoms with Crippen LogP contribution >= 0.6 is 11.8 Å². The number of nitrogens with two attached hydrogens (primary N) is 1. The van der Waals surface area contributed by atoms with Crippen molar-refractivity contribution in [3.8, 4) is 11.5 Å². The Bertz CT molecular complexity index is 3380. The van der Waals surface area contributed by atoms with Gasteiger partial charge in [0, 0.05) is 91.0 Å². The number of aliphatic hydroxyl groups excluding tert-OH is 3. The van der Waals surface area contributed by atoms with Gasteiger partial charge in [0.15, 0.2) is 0 Å². The van der Waals surface area contributed by atoms with E-state index in [4.69, 9.17) is 29.4 Å². The lowest BCUT2D eigenvalue weighted by Crippen LogP contribution is -2.61. The van der Waals surface area contributed by atoms with Gasteiger partial charge in [-0.3, -0.25) is 56.9 Å². The quantitative estimate of drug-likeness (QED) is 0.00978. The average molecular weight is 1540 g/mol. The van der Waals surface area contributed by atoms with E-state index in [1.807, 2.05) is 6.92 Å². The summed E-state index contributed by atoms with van der Waals surface area (Å²) in [5.74, 6) is -27.7. The Kier molecular flexibility index (Phi) is 35.2. The number of hydrogen-bond acceptors (Lipinski definition) is 23. The normalized spacial score (nSPS) is 23.9. The summed E-state index contributed by atoms with van der Waals surface area (Å²) in [4.78, 5) is 153. The molecule has 14 N–H and O–H groups in total. The number of nitrogens with one attached hydrogen (secondary N) is 9. The van der Waals surface area contributed by atoms with E-state index in [0.29, 0.717) is 54.1 Å². The van der Waals surface area contributed by atoms with Crippen LogP contribution in [0.1, 0.15) is 95.6 Å². The van der Waals surface area contributed by atoms with E-state index in [9.17, 15) is 85.2 Å². The molecule has 6 rings (SSSR count). The van der Waals surface area contributed by atoms with Crippen LogP contribution in [-0.2, 0) is 88.2 Å². The van der Waals surface area contributed by atoms with Gasteiger partial charge in [-0.05, 0) is 49.0 Å². The summed E-state index contributed by atoms with van der Waals surface area (Å²) in [5.41, 5.74) is 6.74. The number of rotatable bonds is 32. The van der Waals surface area contributed by atoms with E-state index < -0.39 is 234 Å². The number of primary amides is 1. The van der Waals surface area contributed by atoms with Gasteiger partial charge in [-0.25, -0.2) is 13.2 Å². The first-order valence-electron chi connectivity index (χ1n) is 34.4. The van der Waals surface area contributed by atoms with Gasteiger partial charge in [0.2, 0.25) is 93.9 Å². The molecule has 13 atom stereocenters. The van der Waals surface area contributed by atoms with Gasteiger partial charge in [-0.2, -0.15) is 20.5 Å². The van der Waals surface area contributed by atoms with Crippen molar-refractivity contribution in [3.05, 3.63) is 52.3 Å². The summed E-state index contributed by atoms with van der Waals surface area (Å²) in [6.45, 7) is 2.35. The summed E-state index contributed by atoms with van der Waals surface area (Å²) in [6.07, 6.45) is -3.15. The van der Waals surface area contributed by atoms with Crippen LogP contribution in [0.15, 0.2) is 12.1 Å². The van der Waals surface area contributed by atoms with Crippen molar-refractivity contribution in [1.82, 2.24) is 47.4 Å². The summed E-state index contributed by atoms with van der Waals surface area (Å²) in [7, 11) is -1.00. The molecule has 3 saturated heterocycles. The summed E-state index contributed by atoms with van der Waals surface area (Å²) < 4.78 is 115. The monoisotopic (exact) mass is 1540 g/mol. The van der Waals surface area contributed by atoms with Crippen molar-refractivity contribution in [1.29, 1.82) is 0 Å². The number of aliphatic hydroxyl groups is 3. The van der Waals surface area contributed by atoms with Crippen molar-refractivity contribution in [2.75, 3.05) is 123 Å². The van der Waals surface area contributed by atoms with Crippen LogP contribution in [0.4, 0.5) is 27.6 Å². The van der Waals surface area contributed by atoms with Gasteiger partial charge in [-0.15, -0.1) is 0 Å². The fraction of sp³-hybridized carbons (Fsp3) is 0.652. The lowest BCUT2D eigenvalue weighted by molar-refractivity contribution is -0.143. The maximum atomic E-state index is 15.6. The fourth-order valence-electron chi connectivity index (χ4n) is 12.0. The van der Waals surface area contributed by atoms with Crippen LogP contribution in [0.5, 0.6) is 11.5 Å². The number of esters is 1. The summed E-state index contributed by atoms with van der Waals surface area (Å²) in [6, 6.07) is -3.60. The van der Waals surface area contributed by atoms with Crippen LogP contribution in [0.3, 0.4) is 0 Å². The first kappa shape index (κ1) is 86.0. The molecular weight excluding hydrogens is 1440 g/mol. The number of halogens is 5. The molecule has 0 saturated carbocycles. The van der Waals surface area contributed by atoms with Crippen molar-refractivity contribution in [2.24, 2.45) is 29.4 Å². The number of thioether (sulfide) groups is 1. The number of benzene rings is 2. The molecule has 39 heteroatoms. The third-order valence-corrected chi connectivity index (χ3v) is 20.8. The second-order valence-electron chi connectivity index (χ2n) is 25.4. The molecule has 105 heavy (non-hydrogen) atoms. The van der Waals surface area contributed by atoms with Crippen molar-refractivity contribution < 1.29 is 123 Å². The summed E-state index contributed by atoms with van der Waals surface area (Å²) in [5, 5.41) is 55.1. The minimum atomic E-state index is -2.42. The predicted octanol–water partition coefficient (Wildman–Crippen LogP) is -1.61. The lowest BCUT2D eigenvalue weighted by atomic mass is 9.85. The molecule has 32 nitrogen and oxygen atoms in total. The molecule has 2 aromatic rings. The molecule has 0 radical (unpaired) electrons. The van der Waals surface area contributed by atoms with E-state index in [0.717, 1.165) is 4.90 Å². The number of carbonyl (C=O) groups excluding carboxylic acids is 11. The van der Waals surface area contributed by atoms with Gasteiger partial charge >= 0.3 is 5.97 Å². The van der Waals surface area contributed by atoms with Gasteiger partial charge < -0.3 is 102 Å². The Balaban J connectivity index is 1.13. The van der Waals surface area contributed by atoms with Crippen LogP contribution in [0.25, 0.3) is 0 Å². The number of hydrogen-bond donors (Lipinski definition) is 13. The van der Waals surface area contributed by atoms with Gasteiger partial charge in [0.25, 0.3) is 0 Å². The number of nitrogens with zero attached hydrogens (tertiary/aromatic N) is 1. The van der Waals surface area contributed by atoms with Crippen molar-refractivity contribution in [2.45, 2.75) is 132 Å². The Morgan fingerprint density at radius 3 is 2.02 bits per heavy atom. The van der Waals surface area contributed by atoms with Crippen molar-refractivity contribution >= 4 is 93.3 Å². The molecule has 10 amide bonds. The second-order valence-corrected chi connectivity index (χ2v) is 28.1. The first-order valence-corrected chi connectivity index (χ1v) is 36.9. The minimum absolute atomic E-state index is 0.0183. The number of carbonyl (C=O) groups is 11. The van der Waals surface area contributed by atoms with Gasteiger partial charge in [-0.1, -0.05) is 33.3 Å². The number of ether oxygens (including phenoxy) is 6. The number of fused-ring (bicyclic) bond motifs is 4. The third-order valence-electron chi connectivity index (χ3n) is 18.1. The fourth-order valence-corrected chi connectivity index (χ4v) is 14.7. The van der Waals surface area contributed by atoms with E-state index in [1.165, 1.54) is 25.8 Å². The molecule has 0 aliphatic carbocycles. The van der Waals surface area contributed by atoms with Crippen LogP contribution in [0.2, 0.25) is 0 Å². The van der Waals surface area contributed by atoms with Crippen LogP contribution in [-0.4, -0.2) is 249 Å². The summed E-state index contributed by atoms with van der Waals surface area (Å²) >= 11 is 1.46. The zero-order valence-electron chi connectivity index (χ0n) is 58.6. The molecule has 586 valence electrons. The van der Waals surface area contributed by atoms with Crippen molar-refractivity contribution in [3.63, 3.8) is 0 Å². The van der Waals surface area contributed by atoms with E-state index in [-0.39, 0.29) is 89.8 Å². The Morgan fingerprint density at radius 1 is 0.752 bits per heavy atom. The topological polar surface area (TPSA) is 458 Å². The Morgan fingerprint density at radius 2 is 1.38 bits per heavy atom. The number of unbranched alkanes of at least 4 members (excludes halogenated alkanes) is 1. The number of amides is 10. The highest BCUT2D eigenvalue weighted by Gasteiger charge is 2.49. The zero-order valence-corrected chi connectivity index (χ0v) is 60.2. The zero-order chi connectivity index (χ0) is 77.0. The molecule has 2 aromatic carbocycles. The Labute approximate surface area is 608 Å². The standard InChI is InChI=1S/C66H94F5N11O21S2/c1-5-34(2)37-12-16-74-48(88)28-76-61(92)39-27-75-64(95)57(35(3)44(85)31-83)80-63(94)43-26-36(84)30-82(43)66(96)41(9-11-46(72)86)79-62(93)42(78-49(89)29-77-60(37)91)33-105(97)65-51(39)38-8-10-45(98-4)40(58(38)81-65)32-104-25-7-6-15-73-47(87)13-17-99-19-21-101-23-24-102-22-20-100-18-14-50(90)103-59-55(70)53(68)52(67)54(69)56(59)71/h8,10,34-37,39,41-44,51,57,65,81,83-85H,5-7,9,11-33H2,1-4H3,(H2,72,86)(H,73,87)(H,74,88)(H,75,95)(H,76,92)(H,77,91)(H,78,89)(H,79,93)(H,80,94)/t34-,35-,36+,37-,39+,41-,42+,43?,44-,51?,57-,65?,105?/m0/s1. The molecule has 4 aliphatic heterocycles. The molecule has 4 aliphatic rings. The number of methoxy groups -OCH3 is 1. The maximum absolute atomic E-state index is 15.6. The Hall–Kier alpha value is -7.92. The molecule has 2 bridgehead atoms. The van der Waals surface area contributed by atoms with Crippen LogP contribution < -0.4 is 63.1 Å². The van der Waals surface area contributed by atoms with Gasteiger partial charge in [0.05, 0.1) is 110 Å². The van der Waals surface area contributed by atoms with E-state index in [1.54, 1.807) is 19.1 Å². The minimum Gasteiger partial charge on any atom is -0.496 e. The molecule has 0 aromatic heterocycles. The molecule has 3 fully saturated rings. The van der Waals surface area contributed by atoms with E-state index >= 15 is 9.00 Å². The largest absolute Gasteiger partial charge is 0.496 e. The second kappa shape index (κ2) is 43.0. The molecule has 0 spiro atoms. The molecule has 4 heterocycles. The first-order chi connectivity index (χ1) is 50.1. The SMILES string of the molecule is CC[C@H](C)[C@@H]1CCNC(=O)CNC(=O)[C@@H]2CNC(=O)[C@H]([C@@H](C)[C@@H](O)CO)NC(=O)C3C[C@@H](O)CN3C(=O)[C@H](CCC(N)=O)NC(=O)[C@@H](CS(=O)C3Nc4c(ccc(OC)c4CSCCCCNC(=O)CCOCCOCCOCCOCCC(=O)Oc4c(F)c(F)c(F)c(F)c4F)C32)NC(=O)CNC1=O. The molecule has 4 unspecified atom stereocenters. The highest BCUT2D eigenvalue weighted by Crippen LogP contribution is 2.48. The third kappa shape index (κ3) is 25.1. The van der Waals surface area contributed by atoms with Crippen LogP contribution in [0, 0.1) is 52.8 Å². The predicted molar refractivity (Wildman–Crippen MR) is 365 cm³/mol. The highest BCUT2D eigenvalue weighted by molar-refractivity contribution is 7.98. The van der Waals surface area contributed by atoms with Gasteiger partial charge in [0.1, 0.15) is 35.3 Å². The van der Waals surface area contributed by atoms with E-state index in [2.05, 4.69) is 52.6 Å².